The summed E-state index contributed by atoms with van der Waals surface area (Å²) in [6.45, 7) is 0. The first-order valence-corrected chi connectivity index (χ1v) is 14.1. The van der Waals surface area contributed by atoms with Crippen LogP contribution in [0.1, 0.15) is 0 Å². The smallest absolute Gasteiger partial charge is 0.0788 e. The number of para-hydroxylation sites is 1. The maximum atomic E-state index is 5.15. The minimum atomic E-state index is 0.920. The summed E-state index contributed by atoms with van der Waals surface area (Å²) in [6, 6.07) is 48.9. The van der Waals surface area contributed by atoms with Crippen molar-refractivity contribution in [2.75, 3.05) is 0 Å². The number of hydrogen-bond donors (Lipinski definition) is 0. The lowest BCUT2D eigenvalue weighted by molar-refractivity contribution is 1.28. The van der Waals surface area contributed by atoms with Crippen LogP contribution >= 0.6 is 0 Å². The zero-order valence-electron chi connectivity index (χ0n) is 22.8. The maximum Gasteiger partial charge on any atom is 0.0788 e. The highest BCUT2D eigenvalue weighted by atomic mass is 14.7. The van der Waals surface area contributed by atoms with Gasteiger partial charge in [-0.15, -0.1) is 0 Å². The summed E-state index contributed by atoms with van der Waals surface area (Å²) in [7, 11) is 0. The lowest BCUT2D eigenvalue weighted by Gasteiger charge is -2.13. The molecular formula is C39H25N3. The minimum absolute atomic E-state index is 0.920. The average molecular weight is 536 g/mol. The van der Waals surface area contributed by atoms with E-state index in [4.69, 9.17) is 9.97 Å². The Labute approximate surface area is 243 Å². The third kappa shape index (κ3) is 4.20. The highest BCUT2D eigenvalue weighted by molar-refractivity contribution is 6.22. The van der Waals surface area contributed by atoms with Crippen LogP contribution in [0.4, 0.5) is 0 Å². The van der Waals surface area contributed by atoms with E-state index in [1.54, 1.807) is 6.20 Å². The third-order valence-corrected chi connectivity index (χ3v) is 7.97. The van der Waals surface area contributed by atoms with Crippen LogP contribution in [0.5, 0.6) is 0 Å². The Morgan fingerprint density at radius 1 is 0.381 bits per heavy atom. The first kappa shape index (κ1) is 24.2. The largest absolute Gasteiger partial charge is 0.264 e. The summed E-state index contributed by atoms with van der Waals surface area (Å²) in [5.74, 6) is 0. The molecule has 0 aliphatic rings. The quantitative estimate of drug-likeness (QED) is 0.211. The molecule has 0 fully saturated rings. The Morgan fingerprint density at radius 3 is 1.81 bits per heavy atom. The van der Waals surface area contributed by atoms with Gasteiger partial charge in [0.1, 0.15) is 0 Å². The molecule has 196 valence electrons. The predicted molar refractivity (Wildman–Crippen MR) is 174 cm³/mol. The maximum absolute atomic E-state index is 5.15. The number of benzene rings is 5. The summed E-state index contributed by atoms with van der Waals surface area (Å²) in [5.41, 5.74) is 9.42. The van der Waals surface area contributed by atoms with Crippen LogP contribution in [0.3, 0.4) is 0 Å². The Kier molecular flexibility index (Phi) is 5.79. The summed E-state index contributed by atoms with van der Waals surface area (Å²) in [4.78, 5) is 14.3. The number of hydrogen-bond acceptors (Lipinski definition) is 3. The Morgan fingerprint density at radius 2 is 1.05 bits per heavy atom. The van der Waals surface area contributed by atoms with E-state index in [0.29, 0.717) is 0 Å². The monoisotopic (exact) mass is 535 g/mol. The molecule has 8 aromatic rings. The second-order valence-corrected chi connectivity index (χ2v) is 10.5. The standard InChI is InChI=1S/C39H25N3/c1-2-9-32-28(7-1)22-23-34-38(32)33-10-3-4-11-37(33)42-39(34)30-20-16-27(17-21-30)26-14-18-29(19-15-26)35-12-5-13-36(41-35)31-8-6-24-40-25-31/h1-25H. The second-order valence-electron chi connectivity index (χ2n) is 10.5. The highest BCUT2D eigenvalue weighted by Gasteiger charge is 2.13. The van der Waals surface area contributed by atoms with E-state index >= 15 is 0 Å². The second kappa shape index (κ2) is 10.1. The SMILES string of the molecule is c1cncc(-c2cccc(-c3ccc(-c4ccc(-c5nc6ccccc6c6c5ccc5ccccc56)cc4)cc3)n2)c1. The molecule has 0 atom stereocenters. The van der Waals surface area contributed by atoms with Crippen molar-refractivity contribution in [3.63, 3.8) is 0 Å². The van der Waals surface area contributed by atoms with Crippen molar-refractivity contribution in [1.29, 1.82) is 0 Å². The molecule has 0 amide bonds. The molecule has 0 bridgehead atoms. The molecule has 0 unspecified atom stereocenters. The lowest BCUT2D eigenvalue weighted by Crippen LogP contribution is -1.91. The molecule has 0 spiro atoms. The fraction of sp³-hybridized carbons (Fsp3) is 0. The molecule has 0 saturated carbocycles. The molecule has 0 aliphatic heterocycles. The molecule has 0 N–H and O–H groups in total. The van der Waals surface area contributed by atoms with Crippen LogP contribution in [0, 0.1) is 0 Å². The van der Waals surface area contributed by atoms with Gasteiger partial charge in [-0.25, -0.2) is 9.97 Å². The zero-order chi connectivity index (χ0) is 27.9. The van der Waals surface area contributed by atoms with Crippen LogP contribution in [0.2, 0.25) is 0 Å². The molecular weight excluding hydrogens is 510 g/mol. The van der Waals surface area contributed by atoms with Crippen molar-refractivity contribution in [1.82, 2.24) is 15.0 Å². The van der Waals surface area contributed by atoms with Crippen molar-refractivity contribution < 1.29 is 0 Å². The first-order valence-electron chi connectivity index (χ1n) is 14.1. The summed E-state index contributed by atoms with van der Waals surface area (Å²) in [5, 5.41) is 6.11. The highest BCUT2D eigenvalue weighted by Crippen LogP contribution is 2.37. The van der Waals surface area contributed by atoms with Crippen molar-refractivity contribution in [2.24, 2.45) is 0 Å². The van der Waals surface area contributed by atoms with Crippen molar-refractivity contribution in [3.8, 4) is 44.9 Å². The van der Waals surface area contributed by atoms with Crippen molar-refractivity contribution in [2.45, 2.75) is 0 Å². The van der Waals surface area contributed by atoms with Gasteiger partial charge in [0.2, 0.25) is 0 Å². The van der Waals surface area contributed by atoms with Crippen LogP contribution in [0.25, 0.3) is 77.3 Å². The molecule has 3 heterocycles. The Hall–Kier alpha value is -5.67. The minimum Gasteiger partial charge on any atom is -0.264 e. The van der Waals surface area contributed by atoms with Crippen LogP contribution in [-0.2, 0) is 0 Å². The van der Waals surface area contributed by atoms with E-state index in [2.05, 4.69) is 114 Å². The van der Waals surface area contributed by atoms with Gasteiger partial charge in [-0.3, -0.25) is 4.98 Å². The molecule has 3 aromatic heterocycles. The Bertz CT molecular complexity index is 2200. The molecule has 0 saturated heterocycles. The van der Waals surface area contributed by atoms with Gasteiger partial charge >= 0.3 is 0 Å². The van der Waals surface area contributed by atoms with Crippen LogP contribution in [-0.4, -0.2) is 15.0 Å². The first-order chi connectivity index (χ1) is 20.8. The van der Waals surface area contributed by atoms with Gasteiger partial charge in [0.25, 0.3) is 0 Å². The molecule has 3 nitrogen and oxygen atoms in total. The molecule has 8 rings (SSSR count). The summed E-state index contributed by atoms with van der Waals surface area (Å²) < 4.78 is 0. The molecule has 3 heteroatoms. The third-order valence-electron chi connectivity index (χ3n) is 7.97. The van der Waals surface area contributed by atoms with E-state index in [9.17, 15) is 0 Å². The van der Waals surface area contributed by atoms with Gasteiger partial charge in [-0.2, -0.15) is 0 Å². The van der Waals surface area contributed by atoms with Gasteiger partial charge in [0.15, 0.2) is 0 Å². The lowest BCUT2D eigenvalue weighted by atomic mass is 9.94. The normalized spacial score (nSPS) is 11.3. The van der Waals surface area contributed by atoms with Crippen molar-refractivity contribution >= 4 is 32.4 Å². The number of aromatic nitrogens is 3. The zero-order valence-corrected chi connectivity index (χ0v) is 22.8. The summed E-state index contributed by atoms with van der Waals surface area (Å²) >= 11 is 0. The average Bonchev–Trinajstić information content (AvgIpc) is 3.08. The van der Waals surface area contributed by atoms with Crippen molar-refractivity contribution in [3.05, 3.63) is 152 Å². The molecule has 0 radical (unpaired) electrons. The number of fused-ring (bicyclic) bond motifs is 5. The molecule has 0 aliphatic carbocycles. The molecule has 5 aromatic carbocycles. The van der Waals surface area contributed by atoms with E-state index in [1.165, 1.54) is 26.9 Å². The van der Waals surface area contributed by atoms with E-state index in [0.717, 1.165) is 50.4 Å². The van der Waals surface area contributed by atoms with Gasteiger partial charge < -0.3 is 0 Å². The van der Waals surface area contributed by atoms with Gasteiger partial charge in [0, 0.05) is 45.2 Å². The van der Waals surface area contributed by atoms with E-state index in [1.807, 2.05) is 36.5 Å². The fourth-order valence-corrected chi connectivity index (χ4v) is 5.87. The van der Waals surface area contributed by atoms with Gasteiger partial charge in [-0.1, -0.05) is 109 Å². The van der Waals surface area contributed by atoms with Crippen LogP contribution in [0.15, 0.2) is 152 Å². The number of nitrogens with zero attached hydrogens (tertiary/aromatic N) is 3. The number of pyridine rings is 3. The topological polar surface area (TPSA) is 38.7 Å². The van der Waals surface area contributed by atoms with Crippen LogP contribution < -0.4 is 0 Å². The predicted octanol–water partition coefficient (Wildman–Crippen LogP) is 10.00. The summed E-state index contributed by atoms with van der Waals surface area (Å²) in [6.07, 6.45) is 3.62. The van der Waals surface area contributed by atoms with Gasteiger partial charge in [-0.05, 0) is 52.2 Å². The molecule has 42 heavy (non-hydrogen) atoms. The number of rotatable bonds is 4. The van der Waals surface area contributed by atoms with E-state index in [-0.39, 0.29) is 0 Å². The Balaban J connectivity index is 1.15. The van der Waals surface area contributed by atoms with E-state index < -0.39 is 0 Å². The van der Waals surface area contributed by atoms with Gasteiger partial charge in [0.05, 0.1) is 22.6 Å². The fourth-order valence-electron chi connectivity index (χ4n) is 5.87.